The van der Waals surface area contributed by atoms with Gasteiger partial charge in [0.05, 0.1) is 18.2 Å². The molecule has 0 unspecified atom stereocenters. The lowest BCUT2D eigenvalue weighted by molar-refractivity contribution is 0.0951. The Kier molecular flexibility index (Phi) is 4.37. The van der Waals surface area contributed by atoms with E-state index in [2.05, 4.69) is 5.32 Å². The Bertz CT molecular complexity index is 819. The summed E-state index contributed by atoms with van der Waals surface area (Å²) in [5.74, 6) is -0.336. The number of nitrogens with zero attached hydrogens (tertiary/aromatic N) is 1. The second-order valence-corrected chi connectivity index (χ2v) is 7.10. The van der Waals surface area contributed by atoms with Gasteiger partial charge in [0.15, 0.2) is 0 Å². The number of carbonyl (C=O) groups excluding carboxylic acids is 1. The van der Waals surface area contributed by atoms with Crippen molar-refractivity contribution in [2.45, 2.75) is 10.8 Å². The molecule has 0 atom stereocenters. The highest BCUT2D eigenvalue weighted by Gasteiger charge is 2.12. The van der Waals surface area contributed by atoms with Crippen LogP contribution in [-0.2, 0) is 16.6 Å². The molecule has 2 rings (SSSR count). The van der Waals surface area contributed by atoms with Gasteiger partial charge in [-0.25, -0.2) is 13.6 Å². The molecule has 0 saturated carbocycles. The number of primary sulfonamides is 1. The van der Waals surface area contributed by atoms with Gasteiger partial charge in [0, 0.05) is 10.4 Å². The standard InChI is InChI=1S/C13H11N3O3S2/c14-7-9-2-1-3-10(6-9)13(17)16-8-11-4-5-12(20-11)21(15,18)19/h1-6H,8H2,(H,16,17)(H2,15,18,19). The summed E-state index contributed by atoms with van der Waals surface area (Å²) in [6.45, 7) is 0.190. The Morgan fingerprint density at radius 1 is 1.33 bits per heavy atom. The smallest absolute Gasteiger partial charge is 0.251 e. The van der Waals surface area contributed by atoms with E-state index in [1.807, 2.05) is 6.07 Å². The lowest BCUT2D eigenvalue weighted by Gasteiger charge is -2.03. The molecule has 21 heavy (non-hydrogen) atoms. The topological polar surface area (TPSA) is 113 Å². The summed E-state index contributed by atoms with van der Waals surface area (Å²) in [6.07, 6.45) is 0. The molecule has 0 fully saturated rings. The van der Waals surface area contributed by atoms with Crippen LogP contribution in [0.3, 0.4) is 0 Å². The fourth-order valence-corrected chi connectivity index (χ4v) is 3.32. The summed E-state index contributed by atoms with van der Waals surface area (Å²) in [4.78, 5) is 12.6. The van der Waals surface area contributed by atoms with E-state index in [1.54, 1.807) is 24.3 Å². The van der Waals surface area contributed by atoms with E-state index >= 15 is 0 Å². The fourth-order valence-electron chi connectivity index (χ4n) is 1.61. The third-order valence-corrected chi connectivity index (χ3v) is 5.12. The van der Waals surface area contributed by atoms with Gasteiger partial charge in [0.2, 0.25) is 10.0 Å². The van der Waals surface area contributed by atoms with Crippen LogP contribution in [-0.4, -0.2) is 14.3 Å². The number of nitrogens with one attached hydrogen (secondary N) is 1. The molecule has 0 saturated heterocycles. The van der Waals surface area contributed by atoms with Gasteiger partial charge in [0.1, 0.15) is 4.21 Å². The molecule has 0 spiro atoms. The number of nitrogens with two attached hydrogens (primary N) is 1. The first kappa shape index (κ1) is 15.2. The van der Waals surface area contributed by atoms with E-state index in [9.17, 15) is 13.2 Å². The van der Waals surface area contributed by atoms with E-state index in [0.29, 0.717) is 16.0 Å². The number of hydrogen-bond donors (Lipinski definition) is 2. The zero-order valence-corrected chi connectivity index (χ0v) is 12.4. The van der Waals surface area contributed by atoms with E-state index < -0.39 is 10.0 Å². The van der Waals surface area contributed by atoms with Gasteiger partial charge >= 0.3 is 0 Å². The third kappa shape index (κ3) is 3.88. The number of carbonyl (C=O) groups is 1. The Morgan fingerprint density at radius 3 is 2.71 bits per heavy atom. The minimum Gasteiger partial charge on any atom is -0.347 e. The van der Waals surface area contributed by atoms with Gasteiger partial charge in [-0.2, -0.15) is 5.26 Å². The average molecular weight is 321 g/mol. The third-order valence-electron chi connectivity index (χ3n) is 2.59. The first-order valence-electron chi connectivity index (χ1n) is 5.80. The van der Waals surface area contributed by atoms with E-state index in [1.165, 1.54) is 12.1 Å². The first-order chi connectivity index (χ1) is 9.90. The summed E-state index contributed by atoms with van der Waals surface area (Å²) in [6, 6.07) is 11.3. The van der Waals surface area contributed by atoms with Crippen molar-refractivity contribution in [3.8, 4) is 6.07 Å². The van der Waals surface area contributed by atoms with Gasteiger partial charge in [0.25, 0.3) is 5.91 Å². The molecule has 1 aromatic carbocycles. The molecule has 1 amide bonds. The van der Waals surface area contributed by atoms with Crippen molar-refractivity contribution >= 4 is 27.3 Å². The summed E-state index contributed by atoms with van der Waals surface area (Å²) in [5.41, 5.74) is 0.771. The quantitative estimate of drug-likeness (QED) is 0.880. The van der Waals surface area contributed by atoms with Crippen molar-refractivity contribution in [1.29, 1.82) is 5.26 Å². The van der Waals surface area contributed by atoms with Gasteiger partial charge in [-0.15, -0.1) is 11.3 Å². The maximum Gasteiger partial charge on any atom is 0.251 e. The van der Waals surface area contributed by atoms with Crippen molar-refractivity contribution in [2.75, 3.05) is 0 Å². The summed E-state index contributed by atoms with van der Waals surface area (Å²) in [7, 11) is -3.71. The van der Waals surface area contributed by atoms with E-state index in [4.69, 9.17) is 10.4 Å². The number of hydrogen-bond acceptors (Lipinski definition) is 5. The Labute approximate surface area is 125 Å². The molecular formula is C13H11N3O3S2. The number of sulfonamides is 1. The predicted molar refractivity (Wildman–Crippen MR) is 78.0 cm³/mol. The molecule has 2 aromatic rings. The van der Waals surface area contributed by atoms with Crippen LogP contribution in [0.15, 0.2) is 40.6 Å². The zero-order chi connectivity index (χ0) is 15.5. The summed E-state index contributed by atoms with van der Waals surface area (Å²) >= 11 is 1.00. The molecule has 0 aliphatic carbocycles. The molecule has 6 nitrogen and oxygen atoms in total. The number of nitriles is 1. The summed E-state index contributed by atoms with van der Waals surface area (Å²) < 4.78 is 22.3. The number of rotatable bonds is 4. The Morgan fingerprint density at radius 2 is 2.10 bits per heavy atom. The minimum absolute atomic E-state index is 0.0539. The van der Waals surface area contributed by atoms with Gasteiger partial charge < -0.3 is 5.32 Å². The number of thiophene rings is 1. The molecule has 3 N–H and O–H groups in total. The molecule has 0 aliphatic heterocycles. The lowest BCUT2D eigenvalue weighted by atomic mass is 10.1. The maximum atomic E-state index is 11.9. The highest BCUT2D eigenvalue weighted by atomic mass is 32.2. The second kappa shape index (κ2) is 6.05. The van der Waals surface area contributed by atoms with Crippen molar-refractivity contribution in [3.05, 3.63) is 52.4 Å². The molecule has 0 aliphatic rings. The minimum atomic E-state index is -3.71. The largest absolute Gasteiger partial charge is 0.347 e. The highest BCUT2D eigenvalue weighted by Crippen LogP contribution is 2.20. The van der Waals surface area contributed by atoms with Crippen molar-refractivity contribution in [3.63, 3.8) is 0 Å². The maximum absolute atomic E-state index is 11.9. The van der Waals surface area contributed by atoms with Crippen molar-refractivity contribution < 1.29 is 13.2 Å². The number of benzene rings is 1. The molecule has 0 bridgehead atoms. The number of amides is 1. The lowest BCUT2D eigenvalue weighted by Crippen LogP contribution is -2.22. The second-order valence-electron chi connectivity index (χ2n) is 4.14. The van der Waals surface area contributed by atoms with Crippen LogP contribution in [0, 0.1) is 11.3 Å². The van der Waals surface area contributed by atoms with Crippen LogP contribution in [0.1, 0.15) is 20.8 Å². The van der Waals surface area contributed by atoms with Gasteiger partial charge in [-0.05, 0) is 30.3 Å². The predicted octanol–water partition coefficient (Wildman–Crippen LogP) is 1.20. The first-order valence-corrected chi connectivity index (χ1v) is 8.16. The highest BCUT2D eigenvalue weighted by molar-refractivity contribution is 7.91. The molecule has 1 heterocycles. The summed E-state index contributed by atoms with van der Waals surface area (Å²) in [5, 5.41) is 16.5. The SMILES string of the molecule is N#Cc1cccc(C(=O)NCc2ccc(S(N)(=O)=O)s2)c1. The normalized spacial score (nSPS) is 10.9. The van der Waals surface area contributed by atoms with E-state index in [-0.39, 0.29) is 16.7 Å². The van der Waals surface area contributed by atoms with Crippen LogP contribution >= 0.6 is 11.3 Å². The molecule has 1 aromatic heterocycles. The monoisotopic (exact) mass is 321 g/mol. The fraction of sp³-hybridized carbons (Fsp3) is 0.0769. The van der Waals surface area contributed by atoms with Crippen molar-refractivity contribution in [1.82, 2.24) is 5.32 Å². The zero-order valence-electron chi connectivity index (χ0n) is 10.7. The van der Waals surface area contributed by atoms with Crippen LogP contribution in [0.4, 0.5) is 0 Å². The van der Waals surface area contributed by atoms with Crippen LogP contribution in [0.2, 0.25) is 0 Å². The van der Waals surface area contributed by atoms with E-state index in [0.717, 1.165) is 11.3 Å². The van der Waals surface area contributed by atoms with Gasteiger partial charge in [-0.1, -0.05) is 6.07 Å². The Hall–Kier alpha value is -2.21. The molecule has 0 radical (unpaired) electrons. The van der Waals surface area contributed by atoms with Crippen LogP contribution in [0.5, 0.6) is 0 Å². The molecule has 8 heteroatoms. The Balaban J connectivity index is 2.04. The van der Waals surface area contributed by atoms with Crippen molar-refractivity contribution in [2.24, 2.45) is 5.14 Å². The average Bonchev–Trinajstić information content (AvgIpc) is 2.94. The molecular weight excluding hydrogens is 310 g/mol. The molecule has 108 valence electrons. The van der Waals surface area contributed by atoms with Gasteiger partial charge in [-0.3, -0.25) is 4.79 Å². The van der Waals surface area contributed by atoms with Crippen LogP contribution < -0.4 is 10.5 Å². The van der Waals surface area contributed by atoms with Crippen LogP contribution in [0.25, 0.3) is 0 Å².